The van der Waals surface area contributed by atoms with Crippen LogP contribution in [0.4, 0.5) is 5.69 Å². The second-order valence-electron chi connectivity index (χ2n) is 6.99. The predicted molar refractivity (Wildman–Crippen MR) is 114 cm³/mol. The van der Waals surface area contributed by atoms with Gasteiger partial charge in [-0.3, -0.25) is 9.78 Å². The van der Waals surface area contributed by atoms with E-state index in [4.69, 9.17) is 16.0 Å². The Hall–Kier alpha value is -2.74. The van der Waals surface area contributed by atoms with E-state index in [1.165, 1.54) is 0 Å². The van der Waals surface area contributed by atoms with E-state index in [9.17, 15) is 4.79 Å². The van der Waals surface area contributed by atoms with Crippen molar-refractivity contribution in [3.63, 3.8) is 0 Å². The van der Waals surface area contributed by atoms with Crippen LogP contribution in [-0.2, 0) is 11.2 Å². The Balaban J connectivity index is 1.61. The zero-order valence-corrected chi connectivity index (χ0v) is 17.6. The van der Waals surface area contributed by atoms with E-state index in [-0.39, 0.29) is 12.5 Å². The van der Waals surface area contributed by atoms with Gasteiger partial charge in [-0.1, -0.05) is 11.6 Å². The molecule has 0 aliphatic carbocycles. The molecule has 0 radical (unpaired) electrons. The Kier molecular flexibility index (Phi) is 7.35. The quantitative estimate of drug-likeness (QED) is 0.568. The molecule has 8 nitrogen and oxygen atoms in total. The number of nitrogens with zero attached hydrogens (tertiary/aromatic N) is 5. The molecule has 0 atom stereocenters. The van der Waals surface area contributed by atoms with Gasteiger partial charge in [0.15, 0.2) is 5.96 Å². The number of hydrogen-bond acceptors (Lipinski definition) is 5. The highest BCUT2D eigenvalue weighted by Crippen LogP contribution is 2.25. The molecule has 3 rings (SSSR count). The van der Waals surface area contributed by atoms with Crippen molar-refractivity contribution in [2.24, 2.45) is 4.99 Å². The molecule has 1 aliphatic rings. The van der Waals surface area contributed by atoms with Crippen LogP contribution in [0, 0.1) is 0 Å². The molecule has 1 saturated heterocycles. The lowest BCUT2D eigenvalue weighted by Gasteiger charge is -2.38. The number of aliphatic imine (C=N–C) groups is 1. The maximum Gasteiger partial charge on any atom is 0.243 e. The molecule has 0 bridgehead atoms. The highest BCUT2D eigenvalue weighted by Gasteiger charge is 2.21. The molecule has 3 heterocycles. The maximum absolute atomic E-state index is 12.0. The van der Waals surface area contributed by atoms with Gasteiger partial charge in [-0.15, -0.1) is 0 Å². The van der Waals surface area contributed by atoms with Crippen molar-refractivity contribution in [1.82, 2.24) is 20.1 Å². The first-order chi connectivity index (χ1) is 14.0. The predicted octanol–water partition coefficient (Wildman–Crippen LogP) is 1.73. The van der Waals surface area contributed by atoms with Crippen molar-refractivity contribution in [2.75, 3.05) is 58.3 Å². The lowest BCUT2D eigenvalue weighted by Crippen LogP contribution is -2.53. The molecule has 2 aromatic rings. The summed E-state index contributed by atoms with van der Waals surface area (Å²) in [7, 11) is 3.47. The molecule has 9 heteroatoms. The maximum atomic E-state index is 12.0. The van der Waals surface area contributed by atoms with Gasteiger partial charge in [-0.2, -0.15) is 0 Å². The smallest absolute Gasteiger partial charge is 0.243 e. The van der Waals surface area contributed by atoms with Crippen LogP contribution in [0.2, 0.25) is 5.02 Å². The van der Waals surface area contributed by atoms with Crippen LogP contribution >= 0.6 is 11.6 Å². The van der Waals surface area contributed by atoms with E-state index in [2.05, 4.69) is 25.1 Å². The molecule has 1 amide bonds. The van der Waals surface area contributed by atoms with Crippen LogP contribution in [0.25, 0.3) is 0 Å². The summed E-state index contributed by atoms with van der Waals surface area (Å²) < 4.78 is 5.39. The third kappa shape index (κ3) is 5.87. The Labute approximate surface area is 176 Å². The minimum atomic E-state index is -0.0301. The van der Waals surface area contributed by atoms with Crippen LogP contribution in [0.5, 0.6) is 0 Å². The Morgan fingerprint density at radius 1 is 1.31 bits per heavy atom. The third-order valence-electron chi connectivity index (χ3n) is 4.77. The third-order valence-corrected chi connectivity index (χ3v) is 5.06. The van der Waals surface area contributed by atoms with Crippen LogP contribution < -0.4 is 10.2 Å². The highest BCUT2D eigenvalue weighted by atomic mass is 35.5. The highest BCUT2D eigenvalue weighted by molar-refractivity contribution is 6.33. The summed E-state index contributed by atoms with van der Waals surface area (Å²) in [4.78, 5) is 26.6. The van der Waals surface area contributed by atoms with Gasteiger partial charge in [0.2, 0.25) is 5.91 Å². The molecule has 1 fully saturated rings. The van der Waals surface area contributed by atoms with Crippen molar-refractivity contribution < 1.29 is 9.21 Å². The molecule has 0 saturated carbocycles. The number of halogens is 1. The summed E-state index contributed by atoms with van der Waals surface area (Å²) in [6, 6.07) is 5.76. The zero-order chi connectivity index (χ0) is 20.6. The molecule has 0 unspecified atom stereocenters. The monoisotopic (exact) mass is 418 g/mol. The van der Waals surface area contributed by atoms with E-state index in [1.807, 2.05) is 18.2 Å². The van der Waals surface area contributed by atoms with Gasteiger partial charge >= 0.3 is 0 Å². The van der Waals surface area contributed by atoms with Crippen LogP contribution in [0.15, 0.2) is 46.3 Å². The van der Waals surface area contributed by atoms with Gasteiger partial charge in [0, 0.05) is 65.6 Å². The number of anilines is 1. The summed E-state index contributed by atoms with van der Waals surface area (Å²) >= 11 is 6.28. The van der Waals surface area contributed by atoms with E-state index < -0.39 is 0 Å². The first-order valence-corrected chi connectivity index (χ1v) is 10.0. The van der Waals surface area contributed by atoms with E-state index >= 15 is 0 Å². The van der Waals surface area contributed by atoms with E-state index in [1.54, 1.807) is 37.7 Å². The molecule has 1 aliphatic heterocycles. The number of piperazine rings is 1. The standard InChI is InChI=1S/C20H27ClN6O2/c1-25(2)19(28)15-24-20(23-8-5-16-4-3-13-29-16)27-11-9-26(10-12-27)18-6-7-22-14-17(18)21/h3-4,6-7,13-14H,5,8-12,15H2,1-2H3,(H,23,24). The van der Waals surface area contributed by atoms with Crippen LogP contribution in [0.1, 0.15) is 5.76 Å². The summed E-state index contributed by atoms with van der Waals surface area (Å²) in [5.41, 5.74) is 0.994. The van der Waals surface area contributed by atoms with Crippen molar-refractivity contribution in [3.05, 3.63) is 47.6 Å². The average Bonchev–Trinajstić information content (AvgIpc) is 3.24. The van der Waals surface area contributed by atoms with Gasteiger partial charge in [0.1, 0.15) is 12.3 Å². The van der Waals surface area contributed by atoms with Gasteiger partial charge in [0.05, 0.1) is 17.0 Å². The number of nitrogens with one attached hydrogen (secondary N) is 1. The molecular weight excluding hydrogens is 392 g/mol. The minimum Gasteiger partial charge on any atom is -0.469 e. The normalized spacial score (nSPS) is 14.8. The number of hydrogen-bond donors (Lipinski definition) is 1. The number of likely N-dealkylation sites (N-methyl/N-ethyl adjacent to an activating group) is 1. The zero-order valence-electron chi connectivity index (χ0n) is 16.8. The van der Waals surface area contributed by atoms with Crippen LogP contribution in [-0.4, -0.2) is 80.0 Å². The molecule has 29 heavy (non-hydrogen) atoms. The van der Waals surface area contributed by atoms with Crippen molar-refractivity contribution in [1.29, 1.82) is 0 Å². The fourth-order valence-corrected chi connectivity index (χ4v) is 3.33. The van der Waals surface area contributed by atoms with Gasteiger partial charge in [0.25, 0.3) is 0 Å². The lowest BCUT2D eigenvalue weighted by molar-refractivity contribution is -0.127. The fourth-order valence-electron chi connectivity index (χ4n) is 3.09. The number of pyridine rings is 1. The molecule has 2 aromatic heterocycles. The van der Waals surface area contributed by atoms with Crippen molar-refractivity contribution >= 4 is 29.2 Å². The van der Waals surface area contributed by atoms with Crippen molar-refractivity contribution in [2.45, 2.75) is 6.42 Å². The first kappa shape index (κ1) is 21.0. The average molecular weight is 419 g/mol. The molecule has 0 spiro atoms. The van der Waals surface area contributed by atoms with Gasteiger partial charge < -0.3 is 24.4 Å². The summed E-state index contributed by atoms with van der Waals surface area (Å²) in [6.07, 6.45) is 5.84. The number of carbonyl (C=O) groups is 1. The number of amides is 1. The topological polar surface area (TPSA) is 77.2 Å². The second kappa shape index (κ2) is 10.2. The Morgan fingerprint density at radius 3 is 2.76 bits per heavy atom. The van der Waals surface area contributed by atoms with Crippen LogP contribution in [0.3, 0.4) is 0 Å². The van der Waals surface area contributed by atoms with Gasteiger partial charge in [-0.05, 0) is 18.2 Å². The number of guanidine groups is 1. The Morgan fingerprint density at radius 2 is 2.10 bits per heavy atom. The second-order valence-corrected chi connectivity index (χ2v) is 7.39. The van der Waals surface area contributed by atoms with E-state index in [0.29, 0.717) is 11.6 Å². The lowest BCUT2D eigenvalue weighted by atomic mass is 10.2. The molecule has 1 N–H and O–H groups in total. The summed E-state index contributed by atoms with van der Waals surface area (Å²) in [6.45, 7) is 3.97. The largest absolute Gasteiger partial charge is 0.469 e. The summed E-state index contributed by atoms with van der Waals surface area (Å²) in [5, 5.41) is 4.03. The number of rotatable bonds is 6. The number of carbonyl (C=O) groups excluding carboxylic acids is 1. The summed E-state index contributed by atoms with van der Waals surface area (Å²) in [5.74, 6) is 1.63. The van der Waals surface area contributed by atoms with Gasteiger partial charge in [-0.25, -0.2) is 4.99 Å². The fraction of sp³-hybridized carbons (Fsp3) is 0.450. The Bertz CT molecular complexity index is 816. The molecule has 156 valence electrons. The molecular formula is C20H27ClN6O2. The van der Waals surface area contributed by atoms with Crippen molar-refractivity contribution in [3.8, 4) is 0 Å². The number of aromatic nitrogens is 1. The minimum absolute atomic E-state index is 0.0301. The first-order valence-electron chi connectivity index (χ1n) is 9.65. The molecule has 0 aromatic carbocycles. The SMILES string of the molecule is CN(C)C(=O)CN=C(NCCc1ccco1)N1CCN(c2ccncc2Cl)CC1. The number of furan rings is 1. The van der Waals surface area contributed by atoms with E-state index in [0.717, 1.165) is 50.0 Å².